The van der Waals surface area contributed by atoms with Gasteiger partial charge >= 0.3 is 12.1 Å². The highest BCUT2D eigenvalue weighted by molar-refractivity contribution is 5.86. The van der Waals surface area contributed by atoms with Gasteiger partial charge in [-0.05, 0) is 35.6 Å². The van der Waals surface area contributed by atoms with Crippen LogP contribution in [0.4, 0.5) is 4.79 Å². The highest BCUT2D eigenvalue weighted by Gasteiger charge is 2.30. The zero-order valence-electron chi connectivity index (χ0n) is 18.9. The maximum Gasteiger partial charge on any atom is 0.407 e. The van der Waals surface area contributed by atoms with Crippen molar-refractivity contribution in [3.05, 3.63) is 59.7 Å². The molecule has 3 rings (SSSR count). The van der Waals surface area contributed by atoms with Gasteiger partial charge in [-0.2, -0.15) is 0 Å². The standard InChI is InChI=1S/C27H26N2O5/c1-3-5-17-29(16-4-2)26(32)24(14-15-25(30)31)28-27(33)34-18-23-21-12-8-6-10-19(21)20-11-7-9-13-22(20)23/h2,6-13,23-24H,14-18H2,1H3,(H,28,33)(H,30,31). The van der Waals surface area contributed by atoms with Gasteiger partial charge in [0.25, 0.3) is 0 Å². The molecular formula is C27H26N2O5. The van der Waals surface area contributed by atoms with E-state index in [-0.39, 0.29) is 38.5 Å². The van der Waals surface area contributed by atoms with E-state index in [1.165, 1.54) is 4.90 Å². The van der Waals surface area contributed by atoms with Crippen LogP contribution in [-0.4, -0.2) is 53.7 Å². The van der Waals surface area contributed by atoms with E-state index >= 15 is 0 Å². The molecule has 1 aliphatic rings. The van der Waals surface area contributed by atoms with E-state index in [1.54, 1.807) is 6.92 Å². The summed E-state index contributed by atoms with van der Waals surface area (Å²) in [6.45, 7) is 1.78. The lowest BCUT2D eigenvalue weighted by molar-refractivity contribution is -0.137. The van der Waals surface area contributed by atoms with Crippen LogP contribution in [0.15, 0.2) is 48.5 Å². The van der Waals surface area contributed by atoms with Gasteiger partial charge in [-0.25, -0.2) is 4.79 Å². The van der Waals surface area contributed by atoms with E-state index in [2.05, 4.69) is 23.1 Å². The van der Waals surface area contributed by atoms with E-state index in [0.29, 0.717) is 0 Å². The largest absolute Gasteiger partial charge is 0.481 e. The van der Waals surface area contributed by atoms with Crippen LogP contribution < -0.4 is 5.32 Å². The van der Waals surface area contributed by atoms with Crippen molar-refractivity contribution in [1.82, 2.24) is 10.2 Å². The lowest BCUT2D eigenvalue weighted by Crippen LogP contribution is -2.49. The van der Waals surface area contributed by atoms with E-state index < -0.39 is 24.0 Å². The molecular weight excluding hydrogens is 432 g/mol. The number of amides is 2. The number of terminal acetylenes is 1. The second-order valence-electron chi connectivity index (χ2n) is 7.78. The molecule has 0 aliphatic heterocycles. The quantitative estimate of drug-likeness (QED) is 0.563. The van der Waals surface area contributed by atoms with Crippen molar-refractivity contribution in [1.29, 1.82) is 0 Å². The van der Waals surface area contributed by atoms with Gasteiger partial charge in [0.2, 0.25) is 5.91 Å². The molecule has 0 aromatic heterocycles. The molecule has 0 spiro atoms. The number of carboxylic acids is 1. The van der Waals surface area contributed by atoms with Crippen molar-refractivity contribution in [3.63, 3.8) is 0 Å². The number of nitrogens with one attached hydrogen (secondary N) is 1. The summed E-state index contributed by atoms with van der Waals surface area (Å²) < 4.78 is 5.51. The zero-order chi connectivity index (χ0) is 24.5. The number of hydrogen-bond donors (Lipinski definition) is 2. The first-order valence-electron chi connectivity index (χ1n) is 10.9. The Morgan fingerprint density at radius 1 is 1.09 bits per heavy atom. The lowest BCUT2D eigenvalue weighted by Gasteiger charge is -2.25. The topological polar surface area (TPSA) is 95.9 Å². The molecule has 0 saturated carbocycles. The summed E-state index contributed by atoms with van der Waals surface area (Å²) in [5, 5.41) is 11.6. The summed E-state index contributed by atoms with van der Waals surface area (Å²) in [6, 6.07) is 14.8. The molecule has 2 N–H and O–H groups in total. The van der Waals surface area contributed by atoms with Crippen molar-refractivity contribution in [2.45, 2.75) is 31.7 Å². The Labute approximate surface area is 199 Å². The van der Waals surface area contributed by atoms with E-state index in [9.17, 15) is 14.4 Å². The molecule has 0 saturated heterocycles. The highest BCUT2D eigenvalue weighted by Crippen LogP contribution is 2.44. The molecule has 34 heavy (non-hydrogen) atoms. The van der Waals surface area contributed by atoms with Gasteiger partial charge in [0.05, 0.1) is 13.1 Å². The summed E-state index contributed by atoms with van der Waals surface area (Å²) in [5.74, 6) is 6.13. The minimum Gasteiger partial charge on any atom is -0.481 e. The van der Waals surface area contributed by atoms with Gasteiger partial charge in [-0.3, -0.25) is 9.59 Å². The van der Waals surface area contributed by atoms with Gasteiger partial charge in [-0.1, -0.05) is 60.4 Å². The fraction of sp³-hybridized carbons (Fsp3) is 0.296. The van der Waals surface area contributed by atoms with Crippen LogP contribution in [0.5, 0.6) is 0 Å². The van der Waals surface area contributed by atoms with Gasteiger partial charge in [-0.15, -0.1) is 12.3 Å². The third-order valence-electron chi connectivity index (χ3n) is 5.62. The molecule has 2 amide bonds. The first-order chi connectivity index (χ1) is 16.5. The number of fused-ring (bicyclic) bond motifs is 3. The molecule has 0 radical (unpaired) electrons. The Kier molecular flexibility index (Phi) is 8.32. The third-order valence-corrected chi connectivity index (χ3v) is 5.62. The van der Waals surface area contributed by atoms with Gasteiger partial charge in [0.15, 0.2) is 0 Å². The molecule has 0 heterocycles. The van der Waals surface area contributed by atoms with E-state index in [0.717, 1.165) is 22.3 Å². The highest BCUT2D eigenvalue weighted by atomic mass is 16.5. The Balaban J connectivity index is 1.71. The van der Waals surface area contributed by atoms with Crippen LogP contribution >= 0.6 is 0 Å². The van der Waals surface area contributed by atoms with Gasteiger partial charge in [0.1, 0.15) is 12.6 Å². The van der Waals surface area contributed by atoms with Crippen molar-refractivity contribution in [3.8, 4) is 35.3 Å². The normalized spacial score (nSPS) is 12.2. The summed E-state index contributed by atoms with van der Waals surface area (Å²) in [6.07, 6.45) is 4.16. The summed E-state index contributed by atoms with van der Waals surface area (Å²) in [4.78, 5) is 38.0. The third kappa shape index (κ3) is 5.76. The minimum absolute atomic E-state index is 0.0105. The number of carbonyl (C=O) groups excluding carboxylic acids is 2. The second-order valence-corrected chi connectivity index (χ2v) is 7.78. The molecule has 0 bridgehead atoms. The van der Waals surface area contributed by atoms with Crippen LogP contribution in [0, 0.1) is 24.2 Å². The maximum absolute atomic E-state index is 13.0. The molecule has 1 unspecified atom stereocenters. The maximum atomic E-state index is 13.0. The van der Waals surface area contributed by atoms with Crippen LogP contribution in [-0.2, 0) is 14.3 Å². The monoisotopic (exact) mass is 458 g/mol. The van der Waals surface area contributed by atoms with Crippen molar-refractivity contribution in [2.75, 3.05) is 19.7 Å². The number of hydrogen-bond acceptors (Lipinski definition) is 4. The van der Waals surface area contributed by atoms with Crippen molar-refractivity contribution < 1.29 is 24.2 Å². The number of benzene rings is 2. The molecule has 7 heteroatoms. The number of carbonyl (C=O) groups is 3. The first kappa shape index (κ1) is 24.4. The Morgan fingerprint density at radius 2 is 1.71 bits per heavy atom. The van der Waals surface area contributed by atoms with Gasteiger partial charge < -0.3 is 20.1 Å². The number of nitrogens with zero attached hydrogens (tertiary/aromatic N) is 1. The van der Waals surface area contributed by atoms with Gasteiger partial charge in [0, 0.05) is 12.3 Å². The second kappa shape index (κ2) is 11.6. The Morgan fingerprint density at radius 3 is 2.26 bits per heavy atom. The smallest absolute Gasteiger partial charge is 0.407 e. The fourth-order valence-corrected chi connectivity index (χ4v) is 4.02. The number of rotatable bonds is 9. The van der Waals surface area contributed by atoms with Crippen molar-refractivity contribution in [2.24, 2.45) is 0 Å². The Hall–Kier alpha value is -4.23. The summed E-state index contributed by atoms with van der Waals surface area (Å²) >= 11 is 0. The van der Waals surface area contributed by atoms with Crippen LogP contribution in [0.25, 0.3) is 11.1 Å². The average Bonchev–Trinajstić information content (AvgIpc) is 3.16. The molecule has 174 valence electrons. The van der Waals surface area contributed by atoms with Crippen LogP contribution in [0.1, 0.15) is 36.8 Å². The predicted octanol–water partition coefficient (Wildman–Crippen LogP) is 3.24. The molecule has 7 nitrogen and oxygen atoms in total. The number of aliphatic carboxylic acids is 1. The van der Waals surface area contributed by atoms with E-state index in [1.807, 2.05) is 48.5 Å². The van der Waals surface area contributed by atoms with E-state index in [4.69, 9.17) is 16.3 Å². The fourth-order valence-electron chi connectivity index (χ4n) is 4.02. The summed E-state index contributed by atoms with van der Waals surface area (Å²) in [5.41, 5.74) is 4.33. The Bertz CT molecular complexity index is 1130. The van der Waals surface area contributed by atoms with Crippen LogP contribution in [0.3, 0.4) is 0 Å². The minimum atomic E-state index is -1.10. The molecule has 1 aliphatic carbocycles. The molecule has 2 aromatic rings. The number of alkyl carbamates (subject to hydrolysis) is 1. The SMILES string of the molecule is C#CCN(CC#CC)C(=O)C(CCC(=O)O)NC(=O)OCC1c2ccccc2-c2ccccc21. The molecule has 1 atom stereocenters. The average molecular weight is 459 g/mol. The first-order valence-corrected chi connectivity index (χ1v) is 10.9. The molecule has 0 fully saturated rings. The molecule has 2 aromatic carbocycles. The van der Waals surface area contributed by atoms with Crippen LogP contribution in [0.2, 0.25) is 0 Å². The lowest BCUT2D eigenvalue weighted by atomic mass is 9.98. The summed E-state index contributed by atoms with van der Waals surface area (Å²) in [7, 11) is 0. The number of carboxylic acid groups (broad SMARTS) is 1. The zero-order valence-corrected chi connectivity index (χ0v) is 18.9. The predicted molar refractivity (Wildman–Crippen MR) is 128 cm³/mol. The number of ether oxygens (including phenoxy) is 1. The van der Waals surface area contributed by atoms with Crippen molar-refractivity contribution >= 4 is 18.0 Å².